The van der Waals surface area contributed by atoms with Gasteiger partial charge in [0.25, 0.3) is 0 Å². The van der Waals surface area contributed by atoms with E-state index in [9.17, 15) is 0 Å². The van der Waals surface area contributed by atoms with E-state index in [1.54, 1.807) is 0 Å². The number of likely N-dealkylation sites (tertiary alicyclic amines) is 1. The van der Waals surface area contributed by atoms with Crippen molar-refractivity contribution in [1.29, 1.82) is 0 Å². The minimum atomic E-state index is 0.844. The Kier molecular flexibility index (Phi) is 6.38. The molecule has 1 aliphatic rings. The van der Waals surface area contributed by atoms with Crippen molar-refractivity contribution in [2.24, 2.45) is 11.8 Å². The van der Waals surface area contributed by atoms with Gasteiger partial charge in [0.15, 0.2) is 0 Å². The molecule has 0 radical (unpaired) electrons. The van der Waals surface area contributed by atoms with Crippen molar-refractivity contribution in [2.45, 2.75) is 39.5 Å². The predicted octanol–water partition coefficient (Wildman–Crippen LogP) is 4.21. The monoisotopic (exact) mass is 275 g/mol. The molecule has 0 N–H and O–H groups in total. The third kappa shape index (κ3) is 5.54. The lowest BCUT2D eigenvalue weighted by Gasteiger charge is -2.34. The molecule has 2 nitrogen and oxygen atoms in total. The van der Waals surface area contributed by atoms with E-state index in [0.29, 0.717) is 0 Å². The fourth-order valence-electron chi connectivity index (χ4n) is 3.30. The first-order chi connectivity index (χ1) is 9.74. The second-order valence-corrected chi connectivity index (χ2v) is 6.43. The number of benzene rings is 1. The van der Waals surface area contributed by atoms with Gasteiger partial charge < -0.3 is 9.64 Å². The molecule has 0 saturated carbocycles. The van der Waals surface area contributed by atoms with Crippen molar-refractivity contribution in [2.75, 3.05) is 26.2 Å². The minimum Gasteiger partial charge on any atom is -0.494 e. The maximum Gasteiger partial charge on any atom is 0.119 e. The summed E-state index contributed by atoms with van der Waals surface area (Å²) < 4.78 is 5.72. The molecular formula is C18H29NO. The van der Waals surface area contributed by atoms with E-state index in [0.717, 1.165) is 30.6 Å². The Bertz CT molecular complexity index is 355. The van der Waals surface area contributed by atoms with Crippen LogP contribution in [0.15, 0.2) is 30.3 Å². The highest BCUT2D eigenvalue weighted by atomic mass is 16.5. The Morgan fingerprint density at radius 1 is 1.00 bits per heavy atom. The molecule has 1 heterocycles. The molecule has 2 heteroatoms. The summed E-state index contributed by atoms with van der Waals surface area (Å²) in [5.74, 6) is 2.74. The van der Waals surface area contributed by atoms with Gasteiger partial charge in [-0.05, 0) is 56.2 Å². The van der Waals surface area contributed by atoms with Gasteiger partial charge in [0.1, 0.15) is 5.75 Å². The zero-order chi connectivity index (χ0) is 14.2. The molecule has 1 fully saturated rings. The Morgan fingerprint density at radius 2 is 1.70 bits per heavy atom. The molecule has 0 aromatic heterocycles. The van der Waals surface area contributed by atoms with Crippen LogP contribution >= 0.6 is 0 Å². The third-order valence-corrected chi connectivity index (χ3v) is 4.08. The maximum absolute atomic E-state index is 5.72. The van der Waals surface area contributed by atoms with Gasteiger partial charge in [0, 0.05) is 13.1 Å². The molecule has 0 aliphatic carbocycles. The highest BCUT2D eigenvalue weighted by molar-refractivity contribution is 5.20. The summed E-state index contributed by atoms with van der Waals surface area (Å²) >= 11 is 0. The Labute approximate surface area is 124 Å². The summed E-state index contributed by atoms with van der Waals surface area (Å²) in [5, 5.41) is 0. The molecule has 1 aromatic rings. The van der Waals surface area contributed by atoms with Crippen LogP contribution in [0.25, 0.3) is 0 Å². The van der Waals surface area contributed by atoms with Gasteiger partial charge in [-0.2, -0.15) is 0 Å². The second kappa shape index (κ2) is 8.31. The van der Waals surface area contributed by atoms with E-state index in [2.05, 4.69) is 18.7 Å². The number of hydrogen-bond acceptors (Lipinski definition) is 2. The molecule has 0 spiro atoms. The van der Waals surface area contributed by atoms with Gasteiger partial charge in [-0.15, -0.1) is 0 Å². The van der Waals surface area contributed by atoms with E-state index in [1.807, 2.05) is 30.3 Å². The Morgan fingerprint density at radius 3 is 2.40 bits per heavy atom. The standard InChI is InChI=1S/C18H29NO/c1-16-13-17(2)15-19(14-16)11-7-4-8-12-20-18-9-5-3-6-10-18/h3,5-6,9-10,16-17H,4,7-8,11-15H2,1-2H3/t16-,17+. The summed E-state index contributed by atoms with van der Waals surface area (Å²) in [7, 11) is 0. The lowest BCUT2D eigenvalue weighted by Crippen LogP contribution is -2.39. The van der Waals surface area contributed by atoms with Crippen LogP contribution in [0.5, 0.6) is 5.75 Å². The average molecular weight is 275 g/mol. The Balaban J connectivity index is 1.51. The largest absolute Gasteiger partial charge is 0.494 e. The number of rotatable bonds is 7. The zero-order valence-corrected chi connectivity index (χ0v) is 13.1. The van der Waals surface area contributed by atoms with Crippen molar-refractivity contribution in [3.05, 3.63) is 30.3 Å². The molecule has 1 aliphatic heterocycles. The van der Waals surface area contributed by atoms with Crippen molar-refractivity contribution in [3.63, 3.8) is 0 Å². The lowest BCUT2D eigenvalue weighted by atomic mass is 9.92. The van der Waals surface area contributed by atoms with E-state index in [1.165, 1.54) is 38.9 Å². The number of para-hydroxylation sites is 1. The minimum absolute atomic E-state index is 0.844. The van der Waals surface area contributed by atoms with Crippen molar-refractivity contribution in [1.82, 2.24) is 4.90 Å². The molecule has 1 aromatic carbocycles. The predicted molar refractivity (Wildman–Crippen MR) is 85.2 cm³/mol. The zero-order valence-electron chi connectivity index (χ0n) is 13.1. The topological polar surface area (TPSA) is 12.5 Å². The van der Waals surface area contributed by atoms with Crippen molar-refractivity contribution in [3.8, 4) is 5.75 Å². The first kappa shape index (κ1) is 15.4. The first-order valence-electron chi connectivity index (χ1n) is 8.14. The highest BCUT2D eigenvalue weighted by Gasteiger charge is 2.20. The number of nitrogens with zero attached hydrogens (tertiary/aromatic N) is 1. The molecule has 2 atom stereocenters. The fraction of sp³-hybridized carbons (Fsp3) is 0.667. The quantitative estimate of drug-likeness (QED) is 0.691. The van der Waals surface area contributed by atoms with Crippen LogP contribution in [0.4, 0.5) is 0 Å². The molecule has 0 bridgehead atoms. The van der Waals surface area contributed by atoms with Gasteiger partial charge in [0.2, 0.25) is 0 Å². The van der Waals surface area contributed by atoms with Gasteiger partial charge in [-0.3, -0.25) is 0 Å². The van der Waals surface area contributed by atoms with Crippen LogP contribution in [-0.2, 0) is 0 Å². The summed E-state index contributed by atoms with van der Waals surface area (Å²) in [6.07, 6.45) is 5.14. The van der Waals surface area contributed by atoms with Gasteiger partial charge in [-0.25, -0.2) is 0 Å². The van der Waals surface area contributed by atoms with Gasteiger partial charge in [-0.1, -0.05) is 32.0 Å². The van der Waals surface area contributed by atoms with Crippen LogP contribution in [0.2, 0.25) is 0 Å². The smallest absolute Gasteiger partial charge is 0.119 e. The van der Waals surface area contributed by atoms with Crippen LogP contribution in [0.3, 0.4) is 0 Å². The molecule has 2 rings (SSSR count). The van der Waals surface area contributed by atoms with Crippen molar-refractivity contribution >= 4 is 0 Å². The number of hydrogen-bond donors (Lipinski definition) is 0. The maximum atomic E-state index is 5.72. The van der Waals surface area contributed by atoms with E-state index in [-0.39, 0.29) is 0 Å². The van der Waals surface area contributed by atoms with Crippen molar-refractivity contribution < 1.29 is 4.74 Å². The Hall–Kier alpha value is -1.02. The summed E-state index contributed by atoms with van der Waals surface area (Å²) in [5.41, 5.74) is 0. The SMILES string of the molecule is C[C@@H]1C[C@H](C)CN(CCCCCOc2ccccc2)C1. The van der Waals surface area contributed by atoms with E-state index >= 15 is 0 Å². The molecule has 112 valence electrons. The molecule has 1 saturated heterocycles. The molecule has 0 amide bonds. The molecule has 20 heavy (non-hydrogen) atoms. The number of piperidine rings is 1. The lowest BCUT2D eigenvalue weighted by molar-refractivity contribution is 0.138. The van der Waals surface area contributed by atoms with Crippen LogP contribution in [0, 0.1) is 11.8 Å². The number of ether oxygens (including phenoxy) is 1. The normalized spacial score (nSPS) is 23.7. The molecule has 0 unspecified atom stereocenters. The number of unbranched alkanes of at least 4 members (excludes halogenated alkanes) is 2. The second-order valence-electron chi connectivity index (χ2n) is 6.43. The third-order valence-electron chi connectivity index (χ3n) is 4.08. The van der Waals surface area contributed by atoms with E-state index in [4.69, 9.17) is 4.74 Å². The highest BCUT2D eigenvalue weighted by Crippen LogP contribution is 2.21. The van der Waals surface area contributed by atoms with Gasteiger partial charge >= 0.3 is 0 Å². The first-order valence-corrected chi connectivity index (χ1v) is 8.14. The average Bonchev–Trinajstić information content (AvgIpc) is 2.43. The summed E-state index contributed by atoms with van der Waals surface area (Å²) in [6, 6.07) is 10.1. The van der Waals surface area contributed by atoms with Crippen LogP contribution < -0.4 is 4.74 Å². The van der Waals surface area contributed by atoms with Crippen LogP contribution in [0.1, 0.15) is 39.5 Å². The fourth-order valence-corrected chi connectivity index (χ4v) is 3.30. The molecular weight excluding hydrogens is 246 g/mol. The summed E-state index contributed by atoms with van der Waals surface area (Å²) in [4.78, 5) is 2.65. The summed E-state index contributed by atoms with van der Waals surface area (Å²) in [6.45, 7) is 9.47. The van der Waals surface area contributed by atoms with E-state index < -0.39 is 0 Å². The van der Waals surface area contributed by atoms with Gasteiger partial charge in [0.05, 0.1) is 6.61 Å². The van der Waals surface area contributed by atoms with Crippen LogP contribution in [-0.4, -0.2) is 31.1 Å².